The molecule has 0 bridgehead atoms. The van der Waals surface area contributed by atoms with Gasteiger partial charge in [-0.2, -0.15) is 0 Å². The van der Waals surface area contributed by atoms with Crippen molar-refractivity contribution in [2.45, 2.75) is 19.6 Å². The fourth-order valence-corrected chi connectivity index (χ4v) is 2.43. The number of hydrogen-bond acceptors (Lipinski definition) is 4. The molecule has 0 aliphatic heterocycles. The summed E-state index contributed by atoms with van der Waals surface area (Å²) in [5.74, 6) is 1.23. The lowest BCUT2D eigenvalue weighted by Crippen LogP contribution is -2.33. The predicted octanol–water partition coefficient (Wildman–Crippen LogP) is 3.32. The first-order chi connectivity index (χ1) is 13.3. The third-order valence-corrected chi connectivity index (χ3v) is 3.88. The monoisotopic (exact) mass is 489 g/mol. The van der Waals surface area contributed by atoms with E-state index in [0.717, 1.165) is 29.1 Å². The summed E-state index contributed by atoms with van der Waals surface area (Å²) in [6.07, 6.45) is 4.35. The van der Waals surface area contributed by atoms with Gasteiger partial charge >= 0.3 is 0 Å². The van der Waals surface area contributed by atoms with Gasteiger partial charge in [-0.1, -0.05) is 24.3 Å². The average molecular weight is 489 g/mol. The van der Waals surface area contributed by atoms with Gasteiger partial charge in [-0.05, 0) is 42.0 Å². The van der Waals surface area contributed by atoms with Crippen LogP contribution >= 0.6 is 24.0 Å². The summed E-state index contributed by atoms with van der Waals surface area (Å²) < 4.78 is 5.73. The fourth-order valence-electron chi connectivity index (χ4n) is 2.43. The SMILES string of the molecule is I.NC(=NCc1ccc(OCc2ccccn2)cc1)NCCc1ccccn1. The lowest BCUT2D eigenvalue weighted by molar-refractivity contribution is 0.301. The van der Waals surface area contributed by atoms with Crippen LogP contribution in [0.2, 0.25) is 0 Å². The van der Waals surface area contributed by atoms with E-state index < -0.39 is 0 Å². The van der Waals surface area contributed by atoms with Crippen LogP contribution in [0.5, 0.6) is 5.75 Å². The summed E-state index contributed by atoms with van der Waals surface area (Å²) in [7, 11) is 0. The highest BCUT2D eigenvalue weighted by atomic mass is 127. The second-order valence-corrected chi connectivity index (χ2v) is 5.95. The van der Waals surface area contributed by atoms with Crippen molar-refractivity contribution in [1.82, 2.24) is 15.3 Å². The molecule has 0 aliphatic rings. The van der Waals surface area contributed by atoms with E-state index in [2.05, 4.69) is 20.3 Å². The minimum Gasteiger partial charge on any atom is -0.487 e. The Kier molecular flexibility index (Phi) is 9.20. The van der Waals surface area contributed by atoms with Crippen molar-refractivity contribution in [3.05, 3.63) is 90.0 Å². The lowest BCUT2D eigenvalue weighted by Gasteiger charge is -2.07. The molecule has 0 amide bonds. The molecule has 2 aromatic heterocycles. The van der Waals surface area contributed by atoms with Crippen LogP contribution in [-0.2, 0) is 19.6 Å². The number of ether oxygens (including phenoxy) is 1. The van der Waals surface area contributed by atoms with Gasteiger partial charge < -0.3 is 15.8 Å². The van der Waals surface area contributed by atoms with Crippen molar-refractivity contribution in [3.8, 4) is 5.75 Å². The van der Waals surface area contributed by atoms with E-state index in [9.17, 15) is 0 Å². The Hall–Kier alpha value is -2.68. The van der Waals surface area contributed by atoms with E-state index in [0.29, 0.717) is 25.7 Å². The fraction of sp³-hybridized carbons (Fsp3) is 0.190. The Balaban J connectivity index is 0.00000280. The number of aromatic nitrogens is 2. The Morgan fingerprint density at radius 2 is 1.61 bits per heavy atom. The molecule has 3 rings (SSSR count). The number of rotatable bonds is 8. The number of benzene rings is 1. The van der Waals surface area contributed by atoms with Crippen LogP contribution in [0.3, 0.4) is 0 Å². The molecule has 0 aliphatic carbocycles. The van der Waals surface area contributed by atoms with Gasteiger partial charge in [-0.25, -0.2) is 4.99 Å². The van der Waals surface area contributed by atoms with Gasteiger partial charge in [-0.15, -0.1) is 24.0 Å². The van der Waals surface area contributed by atoms with Crippen LogP contribution in [-0.4, -0.2) is 22.5 Å². The van der Waals surface area contributed by atoms with Gasteiger partial charge in [-0.3, -0.25) is 9.97 Å². The van der Waals surface area contributed by atoms with Crippen LogP contribution in [0.25, 0.3) is 0 Å². The number of nitrogens with two attached hydrogens (primary N) is 1. The average Bonchev–Trinajstić information content (AvgIpc) is 2.73. The molecule has 0 saturated carbocycles. The summed E-state index contributed by atoms with van der Waals surface area (Å²) in [5, 5.41) is 3.11. The molecular formula is C21H24IN5O. The van der Waals surface area contributed by atoms with Crippen LogP contribution in [0.15, 0.2) is 78.0 Å². The summed E-state index contributed by atoms with van der Waals surface area (Å²) in [6, 6.07) is 19.5. The van der Waals surface area contributed by atoms with Crippen LogP contribution in [0.1, 0.15) is 17.0 Å². The molecule has 28 heavy (non-hydrogen) atoms. The number of nitrogens with one attached hydrogen (secondary N) is 1. The highest BCUT2D eigenvalue weighted by molar-refractivity contribution is 14.0. The van der Waals surface area contributed by atoms with E-state index in [1.54, 1.807) is 12.4 Å². The van der Waals surface area contributed by atoms with Gasteiger partial charge in [0.1, 0.15) is 12.4 Å². The number of nitrogens with zero attached hydrogens (tertiary/aromatic N) is 3. The summed E-state index contributed by atoms with van der Waals surface area (Å²) >= 11 is 0. The van der Waals surface area contributed by atoms with Gasteiger partial charge in [0, 0.05) is 31.1 Å². The number of aliphatic imine (C=N–C) groups is 1. The number of halogens is 1. The zero-order chi connectivity index (χ0) is 18.7. The normalized spacial score (nSPS) is 10.8. The lowest BCUT2D eigenvalue weighted by atomic mass is 10.2. The predicted molar refractivity (Wildman–Crippen MR) is 122 cm³/mol. The first-order valence-electron chi connectivity index (χ1n) is 8.85. The standard InChI is InChI=1S/C21H23N5O.HI/c22-21(25-14-11-18-5-1-3-12-23-18)26-15-17-7-9-20(10-8-17)27-16-19-6-2-4-13-24-19;/h1-10,12-13H,11,14-16H2,(H3,22,25,26);1H. The maximum Gasteiger partial charge on any atom is 0.188 e. The summed E-state index contributed by atoms with van der Waals surface area (Å²) in [6.45, 7) is 1.67. The minimum atomic E-state index is 0. The molecule has 6 nitrogen and oxygen atoms in total. The smallest absolute Gasteiger partial charge is 0.188 e. The van der Waals surface area contributed by atoms with Crippen molar-refractivity contribution in [1.29, 1.82) is 0 Å². The number of guanidine groups is 1. The zero-order valence-electron chi connectivity index (χ0n) is 15.5. The van der Waals surface area contributed by atoms with E-state index >= 15 is 0 Å². The molecule has 146 valence electrons. The molecule has 0 fully saturated rings. The maximum absolute atomic E-state index is 5.91. The van der Waals surface area contributed by atoms with Crippen molar-refractivity contribution < 1.29 is 4.74 Å². The van der Waals surface area contributed by atoms with Gasteiger partial charge in [0.15, 0.2) is 5.96 Å². The van der Waals surface area contributed by atoms with E-state index in [-0.39, 0.29) is 24.0 Å². The van der Waals surface area contributed by atoms with Crippen molar-refractivity contribution >= 4 is 29.9 Å². The van der Waals surface area contributed by atoms with E-state index in [1.807, 2.05) is 60.7 Å². The zero-order valence-corrected chi connectivity index (χ0v) is 17.8. The topological polar surface area (TPSA) is 85.4 Å². The van der Waals surface area contributed by atoms with Crippen LogP contribution in [0, 0.1) is 0 Å². The molecule has 3 aromatic rings. The van der Waals surface area contributed by atoms with Crippen molar-refractivity contribution in [3.63, 3.8) is 0 Å². The van der Waals surface area contributed by atoms with Crippen molar-refractivity contribution in [2.75, 3.05) is 6.54 Å². The number of hydrogen-bond donors (Lipinski definition) is 2. The highest BCUT2D eigenvalue weighted by Gasteiger charge is 1.99. The Bertz CT molecular complexity index is 842. The molecule has 0 unspecified atom stereocenters. The largest absolute Gasteiger partial charge is 0.487 e. The molecule has 2 heterocycles. The van der Waals surface area contributed by atoms with Crippen LogP contribution in [0.4, 0.5) is 0 Å². The molecule has 0 saturated heterocycles. The van der Waals surface area contributed by atoms with Crippen LogP contribution < -0.4 is 15.8 Å². The Morgan fingerprint density at radius 3 is 2.25 bits per heavy atom. The summed E-state index contributed by atoms with van der Waals surface area (Å²) in [5.41, 5.74) is 8.90. The third-order valence-electron chi connectivity index (χ3n) is 3.88. The highest BCUT2D eigenvalue weighted by Crippen LogP contribution is 2.14. The van der Waals surface area contributed by atoms with Gasteiger partial charge in [0.2, 0.25) is 0 Å². The van der Waals surface area contributed by atoms with Gasteiger partial charge in [0.25, 0.3) is 0 Å². The second kappa shape index (κ2) is 11.9. The minimum absolute atomic E-state index is 0. The molecule has 1 aromatic carbocycles. The first kappa shape index (κ1) is 21.6. The maximum atomic E-state index is 5.91. The van der Waals surface area contributed by atoms with E-state index in [1.165, 1.54) is 0 Å². The van der Waals surface area contributed by atoms with Crippen molar-refractivity contribution in [2.24, 2.45) is 10.7 Å². The quantitative estimate of drug-likeness (QED) is 0.288. The number of pyridine rings is 2. The Morgan fingerprint density at radius 1 is 0.929 bits per heavy atom. The molecular weight excluding hydrogens is 465 g/mol. The third kappa shape index (κ3) is 7.51. The first-order valence-corrected chi connectivity index (χ1v) is 8.85. The Labute approximate surface area is 182 Å². The molecule has 0 radical (unpaired) electrons. The second-order valence-electron chi connectivity index (χ2n) is 5.95. The van der Waals surface area contributed by atoms with Gasteiger partial charge in [0.05, 0.1) is 12.2 Å². The molecule has 0 atom stereocenters. The molecule has 0 spiro atoms. The summed E-state index contributed by atoms with van der Waals surface area (Å²) in [4.78, 5) is 12.9. The van der Waals surface area contributed by atoms with E-state index in [4.69, 9.17) is 10.5 Å². The molecule has 3 N–H and O–H groups in total. The molecule has 7 heteroatoms.